The first-order valence-corrected chi connectivity index (χ1v) is 2.27. The van der Waals surface area contributed by atoms with Crippen LogP contribution < -0.4 is 0 Å². The predicted octanol–water partition coefficient (Wildman–Crippen LogP) is -0.400. The molecule has 1 saturated heterocycles. The largest absolute Gasteiger partial charge is 0.413 e. The van der Waals surface area contributed by atoms with Crippen LogP contribution in [0.15, 0.2) is 12.2 Å². The van der Waals surface area contributed by atoms with Crippen molar-refractivity contribution in [2.24, 2.45) is 0 Å². The Balaban J connectivity index is 2.74. The van der Waals surface area contributed by atoms with Crippen molar-refractivity contribution >= 4 is 11.8 Å². The van der Waals surface area contributed by atoms with Gasteiger partial charge in [0.2, 0.25) is 0 Å². The molecule has 4 heteroatoms. The van der Waals surface area contributed by atoms with Crippen molar-refractivity contribution in [2.45, 2.75) is 0 Å². The van der Waals surface area contributed by atoms with Crippen molar-refractivity contribution in [3.05, 3.63) is 12.2 Å². The fraction of sp³-hybridized carbons (Fsp3) is 0.200. The average molecular weight is 128 g/mol. The monoisotopic (exact) mass is 128 g/mol. The number of ketones is 1. The molecule has 1 aliphatic heterocycles. The summed E-state index contributed by atoms with van der Waals surface area (Å²) in [5, 5.41) is 0. The zero-order valence-corrected chi connectivity index (χ0v) is 4.55. The highest BCUT2D eigenvalue weighted by Crippen LogP contribution is 2.03. The first kappa shape index (κ1) is 5.97. The van der Waals surface area contributed by atoms with Gasteiger partial charge in [-0.05, 0) is 0 Å². The number of hydrogen-bond donors (Lipinski definition) is 0. The third-order valence-electron chi connectivity index (χ3n) is 0.874. The summed E-state index contributed by atoms with van der Waals surface area (Å²) in [6.45, 7) is 3.25. The van der Waals surface area contributed by atoms with Crippen molar-refractivity contribution in [1.82, 2.24) is 0 Å². The van der Waals surface area contributed by atoms with E-state index in [0.717, 1.165) is 0 Å². The Morgan fingerprint density at radius 2 is 2.11 bits per heavy atom. The average Bonchev–Trinajstić information content (AvgIpc) is 1.83. The van der Waals surface area contributed by atoms with Crippen LogP contribution in [-0.4, -0.2) is 18.4 Å². The van der Waals surface area contributed by atoms with Crippen molar-refractivity contribution in [2.75, 3.05) is 6.61 Å². The van der Waals surface area contributed by atoms with Crippen molar-refractivity contribution in [3.63, 3.8) is 0 Å². The molecule has 0 aromatic carbocycles. The summed E-state index contributed by atoms with van der Waals surface area (Å²) in [5.41, 5.74) is 0.131. The van der Waals surface area contributed by atoms with E-state index in [9.17, 15) is 9.59 Å². The second-order valence-electron chi connectivity index (χ2n) is 1.57. The van der Waals surface area contributed by atoms with Gasteiger partial charge in [0.15, 0.2) is 0 Å². The third kappa shape index (κ3) is 0.972. The molecule has 1 fully saturated rings. The lowest BCUT2D eigenvalue weighted by Gasteiger charge is -2.08. The molecule has 0 radical (unpaired) electrons. The summed E-state index contributed by atoms with van der Waals surface area (Å²) in [5.74, 6) is -1.70. The molecule has 1 heterocycles. The number of rotatable bonds is 0. The van der Waals surface area contributed by atoms with Gasteiger partial charge in [-0.1, -0.05) is 6.58 Å². The number of hydrogen-bond acceptors (Lipinski definition) is 4. The quantitative estimate of drug-likeness (QED) is 0.253. The molecule has 0 spiro atoms. The van der Waals surface area contributed by atoms with Crippen molar-refractivity contribution in [3.8, 4) is 0 Å². The van der Waals surface area contributed by atoms with Gasteiger partial charge in [0, 0.05) is 5.57 Å². The van der Waals surface area contributed by atoms with E-state index in [1.54, 1.807) is 0 Å². The Morgan fingerprint density at radius 1 is 1.44 bits per heavy atom. The normalized spacial score (nSPS) is 19.8. The van der Waals surface area contributed by atoms with E-state index in [2.05, 4.69) is 16.4 Å². The topological polar surface area (TPSA) is 52.6 Å². The Labute approximate surface area is 51.0 Å². The maximum absolute atomic E-state index is 10.5. The Hall–Kier alpha value is -1.16. The van der Waals surface area contributed by atoms with Gasteiger partial charge in [-0.2, -0.15) is 4.89 Å². The molecule has 0 aromatic rings. The molecule has 1 rings (SSSR count). The van der Waals surface area contributed by atoms with E-state index >= 15 is 0 Å². The minimum atomic E-state index is -0.994. The minimum absolute atomic E-state index is 0.0232. The Morgan fingerprint density at radius 3 is 2.56 bits per heavy atom. The molecule has 0 saturated carbocycles. The first-order valence-electron chi connectivity index (χ1n) is 2.27. The van der Waals surface area contributed by atoms with Crippen molar-refractivity contribution < 1.29 is 19.4 Å². The Kier molecular flexibility index (Phi) is 1.32. The van der Waals surface area contributed by atoms with Crippen LogP contribution in [0.4, 0.5) is 0 Å². The Bertz CT molecular complexity index is 163. The van der Waals surface area contributed by atoms with Gasteiger partial charge in [-0.25, -0.2) is 4.79 Å². The standard InChI is InChI=1S/C5H4O4/c1-3-2-8-9-5(7)4(3)6/h1-2H2. The molecule has 0 unspecified atom stereocenters. The van der Waals surface area contributed by atoms with E-state index in [0.29, 0.717) is 0 Å². The molecule has 9 heavy (non-hydrogen) atoms. The smallest absolute Gasteiger partial charge is 0.289 e. The predicted molar refractivity (Wildman–Crippen MR) is 26.2 cm³/mol. The van der Waals surface area contributed by atoms with Crippen molar-refractivity contribution in [1.29, 1.82) is 0 Å². The van der Waals surface area contributed by atoms with Crippen LogP contribution in [0.3, 0.4) is 0 Å². The van der Waals surface area contributed by atoms with Crippen LogP contribution in [0.1, 0.15) is 0 Å². The van der Waals surface area contributed by atoms with E-state index < -0.39 is 11.8 Å². The van der Waals surface area contributed by atoms with E-state index in [4.69, 9.17) is 0 Å². The summed E-state index contributed by atoms with van der Waals surface area (Å²) in [6, 6.07) is 0. The number of carbonyl (C=O) groups excluding carboxylic acids is 2. The summed E-state index contributed by atoms with van der Waals surface area (Å²) in [4.78, 5) is 28.8. The van der Waals surface area contributed by atoms with Gasteiger partial charge in [0.25, 0.3) is 5.78 Å². The third-order valence-corrected chi connectivity index (χ3v) is 0.874. The van der Waals surface area contributed by atoms with Gasteiger partial charge in [-0.3, -0.25) is 9.68 Å². The van der Waals surface area contributed by atoms with Crippen LogP contribution in [0.2, 0.25) is 0 Å². The van der Waals surface area contributed by atoms with Gasteiger partial charge >= 0.3 is 5.97 Å². The summed E-state index contributed by atoms with van der Waals surface area (Å²) < 4.78 is 0. The molecule has 0 N–H and O–H groups in total. The molecule has 1 aliphatic rings. The second-order valence-corrected chi connectivity index (χ2v) is 1.57. The molecule has 0 atom stereocenters. The molecule has 4 nitrogen and oxygen atoms in total. The van der Waals surface area contributed by atoms with E-state index in [1.165, 1.54) is 0 Å². The van der Waals surface area contributed by atoms with Gasteiger partial charge in [0.05, 0.1) is 0 Å². The lowest BCUT2D eigenvalue weighted by molar-refractivity contribution is -0.270. The highest BCUT2D eigenvalue weighted by molar-refractivity contribution is 6.40. The molecule has 0 aliphatic carbocycles. The maximum Gasteiger partial charge on any atom is 0.413 e. The molecule has 48 valence electrons. The SMILES string of the molecule is C=C1COOC(=O)C1=O. The molecule has 0 amide bonds. The molecular weight excluding hydrogens is 124 g/mol. The number of Topliss-reactive ketones (excluding diaryl/α,β-unsaturated/α-hetero) is 1. The summed E-state index contributed by atoms with van der Waals surface area (Å²) in [6.07, 6.45) is 0. The van der Waals surface area contributed by atoms with Gasteiger partial charge in [0.1, 0.15) is 6.61 Å². The fourth-order valence-electron chi connectivity index (χ4n) is 0.402. The molecule has 0 bridgehead atoms. The lowest BCUT2D eigenvalue weighted by Crippen LogP contribution is -2.27. The van der Waals surface area contributed by atoms with Crippen LogP contribution in [0.5, 0.6) is 0 Å². The first-order chi connectivity index (χ1) is 4.22. The highest BCUT2D eigenvalue weighted by Gasteiger charge is 2.25. The van der Waals surface area contributed by atoms with Crippen LogP contribution >= 0.6 is 0 Å². The zero-order valence-electron chi connectivity index (χ0n) is 4.55. The van der Waals surface area contributed by atoms with Crippen LogP contribution in [-0.2, 0) is 19.4 Å². The minimum Gasteiger partial charge on any atom is -0.289 e. The maximum atomic E-state index is 10.5. The lowest BCUT2D eigenvalue weighted by atomic mass is 10.2. The second kappa shape index (κ2) is 1.99. The number of carbonyl (C=O) groups is 2. The van der Waals surface area contributed by atoms with Crippen LogP contribution in [0.25, 0.3) is 0 Å². The van der Waals surface area contributed by atoms with Gasteiger partial charge in [-0.15, -0.1) is 0 Å². The summed E-state index contributed by atoms with van der Waals surface area (Å²) in [7, 11) is 0. The van der Waals surface area contributed by atoms with E-state index in [-0.39, 0.29) is 12.2 Å². The zero-order chi connectivity index (χ0) is 6.85. The van der Waals surface area contributed by atoms with E-state index in [1.807, 2.05) is 0 Å². The highest BCUT2D eigenvalue weighted by atomic mass is 17.2. The fourth-order valence-corrected chi connectivity index (χ4v) is 0.402. The summed E-state index contributed by atoms with van der Waals surface area (Å²) >= 11 is 0. The van der Waals surface area contributed by atoms with Gasteiger partial charge < -0.3 is 0 Å². The van der Waals surface area contributed by atoms with Crippen LogP contribution in [0, 0.1) is 0 Å². The molecular formula is C5H4O4. The molecule has 0 aromatic heterocycles.